The number of hydrogen-bond donors (Lipinski definition) is 1. The molecule has 78 valence electrons. The lowest BCUT2D eigenvalue weighted by Gasteiger charge is -2.22. The van der Waals surface area contributed by atoms with Crippen molar-refractivity contribution in [1.82, 2.24) is 4.72 Å². The Morgan fingerprint density at radius 3 is 2.69 bits per heavy atom. The Morgan fingerprint density at radius 1 is 1.54 bits per heavy atom. The Balaban J connectivity index is 2.56. The van der Waals surface area contributed by atoms with E-state index in [-0.39, 0.29) is 11.3 Å². The Labute approximate surface area is 79.7 Å². The molecule has 0 saturated carbocycles. The van der Waals surface area contributed by atoms with Crippen molar-refractivity contribution in [3.8, 4) is 0 Å². The highest BCUT2D eigenvalue weighted by molar-refractivity contribution is 7.89. The van der Waals surface area contributed by atoms with Crippen LogP contribution in [0.25, 0.3) is 0 Å². The summed E-state index contributed by atoms with van der Waals surface area (Å²) in [6, 6.07) is 0. The van der Waals surface area contributed by atoms with Crippen LogP contribution in [0.1, 0.15) is 26.7 Å². The molecule has 1 unspecified atom stereocenters. The highest BCUT2D eigenvalue weighted by Gasteiger charge is 2.33. The molecule has 1 saturated heterocycles. The highest BCUT2D eigenvalue weighted by Crippen LogP contribution is 2.18. The first-order valence-electron chi connectivity index (χ1n) is 4.57. The molecular formula is C8H17NO3S. The van der Waals surface area contributed by atoms with Crippen LogP contribution in [0.2, 0.25) is 0 Å². The summed E-state index contributed by atoms with van der Waals surface area (Å²) in [5, 5.41) is 0. The largest absolute Gasteiger partial charge is 0.379 e. The van der Waals surface area contributed by atoms with Gasteiger partial charge in [0.15, 0.2) is 0 Å². The second kappa shape index (κ2) is 3.94. The van der Waals surface area contributed by atoms with Gasteiger partial charge in [-0.1, -0.05) is 6.92 Å². The topological polar surface area (TPSA) is 55.4 Å². The number of rotatable bonds is 4. The number of nitrogens with one attached hydrogen (secondary N) is 1. The minimum Gasteiger partial charge on any atom is -0.379 e. The number of hydrogen-bond acceptors (Lipinski definition) is 3. The van der Waals surface area contributed by atoms with Crippen LogP contribution >= 0.6 is 0 Å². The first-order chi connectivity index (χ1) is 5.97. The molecule has 0 aromatic heterocycles. The summed E-state index contributed by atoms with van der Waals surface area (Å²) in [6.45, 7) is 4.86. The maximum Gasteiger partial charge on any atom is 0.212 e. The summed E-state index contributed by atoms with van der Waals surface area (Å²) in [5.74, 6) is 0.197. The van der Waals surface area contributed by atoms with Crippen molar-refractivity contribution in [2.75, 3.05) is 19.0 Å². The molecule has 1 N–H and O–H groups in total. The maximum atomic E-state index is 11.4. The summed E-state index contributed by atoms with van der Waals surface area (Å²) in [7, 11) is -3.10. The normalized spacial score (nSPS) is 29.4. The molecule has 0 aliphatic carbocycles. The highest BCUT2D eigenvalue weighted by atomic mass is 32.2. The molecule has 0 amide bonds. The zero-order valence-corrected chi connectivity index (χ0v) is 8.99. The van der Waals surface area contributed by atoms with Crippen molar-refractivity contribution < 1.29 is 13.2 Å². The van der Waals surface area contributed by atoms with E-state index in [1.165, 1.54) is 0 Å². The van der Waals surface area contributed by atoms with Crippen molar-refractivity contribution in [3.63, 3.8) is 0 Å². The lowest BCUT2D eigenvalue weighted by Crippen LogP contribution is -2.47. The van der Waals surface area contributed by atoms with E-state index in [0.717, 1.165) is 6.42 Å². The van der Waals surface area contributed by atoms with Gasteiger partial charge in [-0.25, -0.2) is 13.1 Å². The van der Waals surface area contributed by atoms with Gasteiger partial charge >= 0.3 is 0 Å². The van der Waals surface area contributed by atoms with E-state index in [9.17, 15) is 8.42 Å². The second-order valence-electron chi connectivity index (χ2n) is 3.78. The smallest absolute Gasteiger partial charge is 0.212 e. The first-order valence-corrected chi connectivity index (χ1v) is 6.22. The molecule has 1 heterocycles. The van der Waals surface area contributed by atoms with Crippen molar-refractivity contribution in [3.05, 3.63) is 0 Å². The predicted octanol–water partition coefficient (Wildman–Crippen LogP) is 0.495. The molecule has 4 nitrogen and oxygen atoms in total. The van der Waals surface area contributed by atoms with Gasteiger partial charge < -0.3 is 4.74 Å². The average Bonchev–Trinajstić information content (AvgIpc) is 2.33. The van der Waals surface area contributed by atoms with Crippen LogP contribution in [0.5, 0.6) is 0 Å². The van der Waals surface area contributed by atoms with E-state index in [2.05, 4.69) is 4.72 Å². The van der Waals surface area contributed by atoms with E-state index in [0.29, 0.717) is 19.6 Å². The van der Waals surface area contributed by atoms with E-state index >= 15 is 0 Å². The molecule has 1 atom stereocenters. The van der Waals surface area contributed by atoms with Crippen molar-refractivity contribution >= 4 is 10.0 Å². The quantitative estimate of drug-likeness (QED) is 0.730. The zero-order valence-electron chi connectivity index (χ0n) is 8.17. The lowest BCUT2D eigenvalue weighted by molar-refractivity contribution is 0.178. The summed E-state index contributed by atoms with van der Waals surface area (Å²) in [4.78, 5) is 0. The molecule has 1 rings (SSSR count). The predicted molar refractivity (Wildman–Crippen MR) is 51.1 cm³/mol. The molecule has 0 aromatic rings. The Kier molecular flexibility index (Phi) is 3.32. The van der Waals surface area contributed by atoms with E-state index in [1.807, 2.05) is 13.8 Å². The monoisotopic (exact) mass is 207 g/mol. The van der Waals surface area contributed by atoms with Crippen LogP contribution in [0, 0.1) is 0 Å². The first kappa shape index (κ1) is 10.9. The van der Waals surface area contributed by atoms with E-state index in [1.54, 1.807) is 0 Å². The van der Waals surface area contributed by atoms with Gasteiger partial charge in [-0.2, -0.15) is 0 Å². The molecule has 1 aliphatic heterocycles. The molecule has 0 aromatic carbocycles. The van der Waals surface area contributed by atoms with E-state index < -0.39 is 10.0 Å². The third-order valence-corrected chi connectivity index (χ3v) is 3.84. The third kappa shape index (κ3) is 3.25. The van der Waals surface area contributed by atoms with Gasteiger partial charge in [-0.3, -0.25) is 0 Å². The zero-order chi connectivity index (χ0) is 9.95. The minimum atomic E-state index is -3.10. The standard InChI is InChI=1S/C8H17NO3S/c1-3-6-13(10,11)9-8(2)4-5-12-7-8/h9H,3-7H2,1-2H3. The maximum absolute atomic E-state index is 11.4. The number of ether oxygens (including phenoxy) is 1. The molecule has 1 aliphatic rings. The van der Waals surface area contributed by atoms with Gasteiger partial charge in [0.05, 0.1) is 17.9 Å². The van der Waals surface area contributed by atoms with Crippen molar-refractivity contribution in [2.24, 2.45) is 0 Å². The van der Waals surface area contributed by atoms with Crippen molar-refractivity contribution in [1.29, 1.82) is 0 Å². The van der Waals surface area contributed by atoms with Crippen molar-refractivity contribution in [2.45, 2.75) is 32.2 Å². The molecule has 0 bridgehead atoms. The fourth-order valence-corrected chi connectivity index (χ4v) is 2.99. The van der Waals surface area contributed by atoms with Gasteiger partial charge in [-0.15, -0.1) is 0 Å². The SMILES string of the molecule is CCCS(=O)(=O)NC1(C)CCOC1. The van der Waals surface area contributed by atoms with Gasteiger partial charge in [0.25, 0.3) is 0 Å². The van der Waals surface area contributed by atoms with E-state index in [4.69, 9.17) is 4.74 Å². The summed E-state index contributed by atoms with van der Waals surface area (Å²) < 4.78 is 30.7. The minimum absolute atomic E-state index is 0.197. The third-order valence-electron chi connectivity index (χ3n) is 2.09. The van der Waals surface area contributed by atoms with Gasteiger partial charge in [-0.05, 0) is 19.8 Å². The summed E-state index contributed by atoms with van der Waals surface area (Å²) in [5.41, 5.74) is -0.381. The number of sulfonamides is 1. The molecule has 0 spiro atoms. The Bertz CT molecular complexity index is 255. The van der Waals surface area contributed by atoms with Crippen LogP contribution in [0.3, 0.4) is 0 Å². The summed E-state index contributed by atoms with van der Waals surface area (Å²) >= 11 is 0. The molecule has 1 fully saturated rings. The fourth-order valence-electron chi connectivity index (χ4n) is 1.44. The molecular weight excluding hydrogens is 190 g/mol. The fraction of sp³-hybridized carbons (Fsp3) is 1.00. The van der Waals surface area contributed by atoms with Crippen LogP contribution < -0.4 is 4.72 Å². The molecule has 13 heavy (non-hydrogen) atoms. The average molecular weight is 207 g/mol. The van der Waals surface area contributed by atoms with Crippen LogP contribution in [-0.2, 0) is 14.8 Å². The Morgan fingerprint density at radius 2 is 2.23 bits per heavy atom. The molecule has 5 heteroatoms. The van der Waals surface area contributed by atoms with Gasteiger partial charge in [0, 0.05) is 6.61 Å². The van der Waals surface area contributed by atoms with Gasteiger partial charge in [0.2, 0.25) is 10.0 Å². The van der Waals surface area contributed by atoms with Crippen LogP contribution in [0.4, 0.5) is 0 Å². The van der Waals surface area contributed by atoms with Crippen LogP contribution in [0.15, 0.2) is 0 Å². The Hall–Kier alpha value is -0.130. The van der Waals surface area contributed by atoms with Crippen LogP contribution in [-0.4, -0.2) is 32.9 Å². The summed E-state index contributed by atoms with van der Waals surface area (Å²) in [6.07, 6.45) is 1.40. The second-order valence-corrected chi connectivity index (χ2v) is 5.63. The lowest BCUT2D eigenvalue weighted by atomic mass is 10.0. The van der Waals surface area contributed by atoms with Gasteiger partial charge in [0.1, 0.15) is 0 Å². The molecule has 0 radical (unpaired) electrons.